The van der Waals surface area contributed by atoms with Gasteiger partial charge in [-0.15, -0.1) is 0 Å². The summed E-state index contributed by atoms with van der Waals surface area (Å²) in [5.74, 6) is -0.299. The molecule has 2 N–H and O–H groups in total. The first kappa shape index (κ1) is 13.6. The number of nitrogens with one attached hydrogen (secondary N) is 2. The van der Waals surface area contributed by atoms with Gasteiger partial charge in [-0.3, -0.25) is 10.1 Å². The summed E-state index contributed by atoms with van der Waals surface area (Å²) < 4.78 is 0. The molecule has 1 aromatic rings. The zero-order valence-electron chi connectivity index (χ0n) is 12.0. The molecule has 102 valence electrons. The Hall–Kier alpha value is -1.84. The largest absolute Gasteiger partial charge is 0.322 e. The number of urea groups is 1. The molecule has 1 atom stereocenters. The van der Waals surface area contributed by atoms with Crippen LogP contribution in [0.4, 0.5) is 4.79 Å². The number of rotatable bonds is 1. The van der Waals surface area contributed by atoms with Crippen molar-refractivity contribution in [1.29, 1.82) is 0 Å². The number of aryl methyl sites for hydroxylation is 1. The highest BCUT2D eigenvalue weighted by Gasteiger charge is 2.44. The normalized spacial score (nSPS) is 23.2. The molecule has 1 saturated heterocycles. The van der Waals surface area contributed by atoms with Crippen molar-refractivity contribution in [2.75, 3.05) is 0 Å². The SMILES string of the molecule is Cc1ccc(C(C)(C)C)cc1C1(C)NC(=O)NC1=O. The number of carbonyl (C=O) groups is 2. The van der Waals surface area contributed by atoms with Crippen molar-refractivity contribution < 1.29 is 9.59 Å². The van der Waals surface area contributed by atoms with E-state index in [0.717, 1.165) is 16.7 Å². The van der Waals surface area contributed by atoms with Gasteiger partial charge in [-0.25, -0.2) is 4.79 Å². The summed E-state index contributed by atoms with van der Waals surface area (Å²) in [6, 6.07) is 5.64. The van der Waals surface area contributed by atoms with Gasteiger partial charge in [0.2, 0.25) is 0 Å². The Morgan fingerprint density at radius 2 is 1.79 bits per heavy atom. The number of hydrogen-bond acceptors (Lipinski definition) is 2. The minimum atomic E-state index is -0.984. The van der Waals surface area contributed by atoms with Crippen LogP contribution >= 0.6 is 0 Å². The quantitative estimate of drug-likeness (QED) is 0.761. The van der Waals surface area contributed by atoms with Crippen LogP contribution in [-0.4, -0.2) is 11.9 Å². The van der Waals surface area contributed by atoms with Crippen LogP contribution in [-0.2, 0) is 15.7 Å². The van der Waals surface area contributed by atoms with Crippen molar-refractivity contribution in [2.45, 2.75) is 45.6 Å². The van der Waals surface area contributed by atoms with Gasteiger partial charge in [0.25, 0.3) is 5.91 Å². The van der Waals surface area contributed by atoms with Gasteiger partial charge in [0.05, 0.1) is 0 Å². The van der Waals surface area contributed by atoms with Crippen LogP contribution in [0.1, 0.15) is 44.4 Å². The number of hydrogen-bond donors (Lipinski definition) is 2. The van der Waals surface area contributed by atoms with E-state index in [1.54, 1.807) is 6.92 Å². The molecule has 1 aliphatic rings. The van der Waals surface area contributed by atoms with Crippen molar-refractivity contribution in [3.05, 3.63) is 34.9 Å². The molecule has 0 radical (unpaired) electrons. The van der Waals surface area contributed by atoms with E-state index in [9.17, 15) is 9.59 Å². The van der Waals surface area contributed by atoms with Gasteiger partial charge in [-0.05, 0) is 36.0 Å². The molecule has 1 unspecified atom stereocenters. The van der Waals surface area contributed by atoms with Gasteiger partial charge in [0.15, 0.2) is 0 Å². The Kier molecular flexibility index (Phi) is 2.92. The Morgan fingerprint density at radius 3 is 2.26 bits per heavy atom. The van der Waals surface area contributed by atoms with E-state index in [1.807, 2.05) is 19.1 Å². The molecule has 4 nitrogen and oxygen atoms in total. The second-order valence-corrected chi connectivity index (χ2v) is 6.31. The Morgan fingerprint density at radius 1 is 1.16 bits per heavy atom. The molecule has 1 fully saturated rings. The average molecular weight is 260 g/mol. The molecule has 0 spiro atoms. The fraction of sp³-hybridized carbons (Fsp3) is 0.467. The van der Waals surface area contributed by atoms with Gasteiger partial charge in [-0.2, -0.15) is 0 Å². The first-order valence-corrected chi connectivity index (χ1v) is 6.40. The first-order valence-electron chi connectivity index (χ1n) is 6.40. The van der Waals surface area contributed by atoms with Gasteiger partial charge >= 0.3 is 6.03 Å². The van der Waals surface area contributed by atoms with Crippen molar-refractivity contribution in [1.82, 2.24) is 10.6 Å². The Bertz CT molecular complexity index is 558. The van der Waals surface area contributed by atoms with Gasteiger partial charge in [-0.1, -0.05) is 39.0 Å². The molecule has 0 saturated carbocycles. The maximum Gasteiger partial charge on any atom is 0.322 e. The van der Waals surface area contributed by atoms with Crippen LogP contribution in [0.3, 0.4) is 0 Å². The Labute approximate surface area is 113 Å². The maximum absolute atomic E-state index is 12.0. The standard InChI is InChI=1S/C15H20N2O2/c1-9-6-7-10(14(2,3)4)8-11(9)15(5)12(18)16-13(19)17-15/h6-8H,1-5H3,(H2,16,17,18,19). The minimum Gasteiger partial charge on any atom is -0.320 e. The van der Waals surface area contributed by atoms with Crippen LogP contribution in [0, 0.1) is 6.92 Å². The molecule has 0 aromatic heterocycles. The Balaban J connectivity index is 2.56. The summed E-state index contributed by atoms with van der Waals surface area (Å²) in [6.45, 7) is 10.1. The van der Waals surface area contributed by atoms with Crippen LogP contribution in [0.2, 0.25) is 0 Å². The van der Waals surface area contributed by atoms with Crippen molar-refractivity contribution in [3.8, 4) is 0 Å². The second-order valence-electron chi connectivity index (χ2n) is 6.31. The number of benzene rings is 1. The fourth-order valence-corrected chi connectivity index (χ4v) is 2.36. The zero-order valence-corrected chi connectivity index (χ0v) is 12.0. The molecule has 2 rings (SSSR count). The van der Waals surface area contributed by atoms with Gasteiger partial charge in [0.1, 0.15) is 5.54 Å². The van der Waals surface area contributed by atoms with Crippen molar-refractivity contribution in [3.63, 3.8) is 0 Å². The highest BCUT2D eigenvalue weighted by Crippen LogP contribution is 2.31. The molecule has 1 heterocycles. The third kappa shape index (κ3) is 2.23. The maximum atomic E-state index is 12.0. The van der Waals surface area contributed by atoms with Gasteiger partial charge < -0.3 is 5.32 Å². The van der Waals surface area contributed by atoms with Crippen molar-refractivity contribution >= 4 is 11.9 Å². The smallest absolute Gasteiger partial charge is 0.320 e. The number of amides is 3. The second kappa shape index (κ2) is 4.08. The lowest BCUT2D eigenvalue weighted by molar-refractivity contribution is -0.123. The predicted octanol–water partition coefficient (Wildman–Crippen LogP) is 2.35. The lowest BCUT2D eigenvalue weighted by Crippen LogP contribution is -2.41. The average Bonchev–Trinajstić information content (AvgIpc) is 2.52. The monoisotopic (exact) mass is 260 g/mol. The van der Waals surface area contributed by atoms with Crippen molar-refractivity contribution in [2.24, 2.45) is 0 Å². The molecule has 1 aromatic carbocycles. The summed E-state index contributed by atoms with van der Waals surface area (Å²) >= 11 is 0. The molecule has 1 aliphatic heterocycles. The zero-order chi connectivity index (χ0) is 14.4. The summed E-state index contributed by atoms with van der Waals surface area (Å²) in [4.78, 5) is 23.4. The first-order chi connectivity index (χ1) is 8.64. The molecule has 4 heteroatoms. The molecule has 19 heavy (non-hydrogen) atoms. The molecular weight excluding hydrogens is 240 g/mol. The van der Waals surface area contributed by atoms with E-state index in [1.165, 1.54) is 0 Å². The van der Waals surface area contributed by atoms with E-state index in [0.29, 0.717) is 0 Å². The third-order valence-corrected chi connectivity index (χ3v) is 3.69. The highest BCUT2D eigenvalue weighted by atomic mass is 16.2. The molecular formula is C15H20N2O2. The molecule has 0 bridgehead atoms. The molecule has 3 amide bonds. The van der Waals surface area contributed by atoms with E-state index < -0.39 is 11.6 Å². The highest BCUT2D eigenvalue weighted by molar-refractivity contribution is 6.07. The van der Waals surface area contributed by atoms with E-state index >= 15 is 0 Å². The summed E-state index contributed by atoms with van der Waals surface area (Å²) in [7, 11) is 0. The lowest BCUT2D eigenvalue weighted by atomic mass is 9.81. The topological polar surface area (TPSA) is 58.2 Å². The number of imide groups is 1. The van der Waals surface area contributed by atoms with Crippen LogP contribution < -0.4 is 10.6 Å². The van der Waals surface area contributed by atoms with Gasteiger partial charge in [0, 0.05) is 0 Å². The summed E-state index contributed by atoms with van der Waals surface area (Å²) in [5.41, 5.74) is 2.00. The minimum absolute atomic E-state index is 0.00208. The fourth-order valence-electron chi connectivity index (χ4n) is 2.36. The predicted molar refractivity (Wildman–Crippen MR) is 73.9 cm³/mol. The van der Waals surface area contributed by atoms with E-state index in [2.05, 4.69) is 37.5 Å². The summed E-state index contributed by atoms with van der Waals surface area (Å²) in [6.07, 6.45) is 0. The van der Waals surface area contributed by atoms with E-state index in [-0.39, 0.29) is 11.3 Å². The van der Waals surface area contributed by atoms with Crippen LogP contribution in [0.5, 0.6) is 0 Å². The third-order valence-electron chi connectivity index (χ3n) is 3.69. The van der Waals surface area contributed by atoms with Crippen LogP contribution in [0.15, 0.2) is 18.2 Å². The molecule has 0 aliphatic carbocycles. The van der Waals surface area contributed by atoms with Crippen LogP contribution in [0.25, 0.3) is 0 Å². The summed E-state index contributed by atoms with van der Waals surface area (Å²) in [5, 5.41) is 5.02. The van der Waals surface area contributed by atoms with E-state index in [4.69, 9.17) is 0 Å². The number of carbonyl (C=O) groups excluding carboxylic acids is 2. The lowest BCUT2D eigenvalue weighted by Gasteiger charge is -2.27.